The lowest BCUT2D eigenvalue weighted by molar-refractivity contribution is -0.147. The number of nitrogens with zero attached hydrogens (tertiary/aromatic N) is 3. The van der Waals surface area contributed by atoms with E-state index in [1.54, 1.807) is 13.8 Å². The largest absolute Gasteiger partial charge is 0.501 e. The summed E-state index contributed by atoms with van der Waals surface area (Å²) in [5.74, 6) is -8.49. The van der Waals surface area contributed by atoms with E-state index in [2.05, 4.69) is 25.9 Å². The van der Waals surface area contributed by atoms with Gasteiger partial charge in [-0.2, -0.15) is 17.5 Å². The second-order valence-corrected chi connectivity index (χ2v) is 19.7. The van der Waals surface area contributed by atoms with Crippen LogP contribution < -0.4 is 27.4 Å². The lowest BCUT2D eigenvalue weighted by atomic mass is 9.83. The molecule has 1 aliphatic carbocycles. The fourth-order valence-electron chi connectivity index (χ4n) is 6.93. The summed E-state index contributed by atoms with van der Waals surface area (Å²) in [6.45, 7) is 6.03. The molecular weight excluding hydrogens is 890 g/mol. The lowest BCUT2D eigenvalue weighted by Crippen LogP contribution is -2.58. The molecule has 1 heterocycles. The molecule has 1 saturated carbocycles. The van der Waals surface area contributed by atoms with Gasteiger partial charge in [0.25, 0.3) is 31.7 Å². The number of sulfone groups is 1. The third-order valence-electron chi connectivity index (χ3n) is 10.7. The molecule has 1 unspecified atom stereocenters. The van der Waals surface area contributed by atoms with Gasteiger partial charge in [0, 0.05) is 18.8 Å². The molecule has 24 heteroatoms. The van der Waals surface area contributed by atoms with E-state index in [0.29, 0.717) is 18.6 Å². The Hall–Kier alpha value is -5.20. The maximum Gasteiger partial charge on any atom is 0.501 e. The minimum atomic E-state index is -5.91. The molecule has 0 spiro atoms. The molecule has 1 aliphatic rings. The number of nitrogens with two attached hydrogens (primary N) is 2. The Labute approximate surface area is 369 Å². The van der Waals surface area contributed by atoms with Crippen LogP contribution in [0.4, 0.5) is 13.2 Å². The maximum atomic E-state index is 14.1. The molecular formula is C40H55F3N8O11S2. The molecule has 0 aliphatic heterocycles. The number of hydrogen-bond acceptors (Lipinski definition) is 15. The summed E-state index contributed by atoms with van der Waals surface area (Å²) in [5.41, 5.74) is 5.53. The molecule has 19 nitrogen and oxygen atoms in total. The van der Waals surface area contributed by atoms with E-state index in [9.17, 15) is 63.6 Å². The van der Waals surface area contributed by atoms with Crippen molar-refractivity contribution < 1.29 is 63.6 Å². The topological polar surface area (TPSA) is 305 Å². The quantitative estimate of drug-likeness (QED) is 0.105. The van der Waals surface area contributed by atoms with Gasteiger partial charge in [-0.25, -0.2) is 21.8 Å². The van der Waals surface area contributed by atoms with Crippen molar-refractivity contribution in [3.63, 3.8) is 0 Å². The van der Waals surface area contributed by atoms with Crippen molar-refractivity contribution in [2.24, 2.45) is 29.2 Å². The molecule has 0 saturated heterocycles. The van der Waals surface area contributed by atoms with Crippen LogP contribution in [-0.4, -0.2) is 108 Å². The van der Waals surface area contributed by atoms with E-state index in [-0.39, 0.29) is 42.5 Å². The van der Waals surface area contributed by atoms with E-state index in [0.717, 1.165) is 32.1 Å². The number of imide groups is 1. The first kappa shape index (κ1) is 53.1. The number of benzene rings is 1. The zero-order valence-corrected chi connectivity index (χ0v) is 37.4. The van der Waals surface area contributed by atoms with Crippen molar-refractivity contribution in [2.45, 2.75) is 131 Å². The van der Waals surface area contributed by atoms with Crippen molar-refractivity contribution in [1.29, 1.82) is 0 Å². The Morgan fingerprint density at radius 1 is 0.859 bits per heavy atom. The number of carbonyl (C=O) groups is 7. The number of alkyl halides is 3. The molecule has 1 aromatic carbocycles. The number of aromatic nitrogens is 2. The van der Waals surface area contributed by atoms with Gasteiger partial charge in [-0.1, -0.05) is 66.2 Å². The fraction of sp³-hybridized carbons (Fsp3) is 0.575. The number of Topliss-reactive ketones (excluding diaryl/α,β-unsaturated/α-hetero) is 2. The first-order valence-electron chi connectivity index (χ1n) is 20.6. The van der Waals surface area contributed by atoms with Gasteiger partial charge < -0.3 is 27.4 Å². The van der Waals surface area contributed by atoms with Crippen LogP contribution in [0, 0.1) is 17.8 Å². The number of halogens is 3. The van der Waals surface area contributed by atoms with Gasteiger partial charge >= 0.3 is 11.4 Å². The third kappa shape index (κ3) is 13.9. The van der Waals surface area contributed by atoms with Gasteiger partial charge in [0.1, 0.15) is 17.8 Å². The van der Waals surface area contributed by atoms with Gasteiger partial charge in [0.05, 0.1) is 34.6 Å². The van der Waals surface area contributed by atoms with Gasteiger partial charge in [0.2, 0.25) is 17.6 Å². The number of ketones is 2. The van der Waals surface area contributed by atoms with Crippen molar-refractivity contribution in [3.05, 3.63) is 48.5 Å². The molecule has 7 N–H and O–H groups in total. The number of nitrogens with one attached hydrogen (secondary N) is 3. The molecule has 5 amide bonds. The van der Waals surface area contributed by atoms with Crippen LogP contribution in [0.1, 0.15) is 102 Å². The van der Waals surface area contributed by atoms with Crippen LogP contribution in [-0.2, 0) is 48.6 Å². The van der Waals surface area contributed by atoms with E-state index in [4.69, 9.17) is 11.5 Å². The summed E-state index contributed by atoms with van der Waals surface area (Å²) in [6.07, 6.45) is 7.84. The maximum absolute atomic E-state index is 14.1. The first-order chi connectivity index (χ1) is 29.9. The average Bonchev–Trinajstić information content (AvgIpc) is 3.25. The summed E-state index contributed by atoms with van der Waals surface area (Å²) in [7, 11) is -11.3. The van der Waals surface area contributed by atoms with Crippen LogP contribution in [0.15, 0.2) is 52.6 Å². The Morgan fingerprint density at radius 3 is 2.00 bits per heavy atom. The molecule has 3 rings (SSSR count). The molecule has 5 atom stereocenters. The van der Waals surface area contributed by atoms with E-state index >= 15 is 0 Å². The minimum absolute atomic E-state index is 0.00641. The van der Waals surface area contributed by atoms with E-state index < -0.39 is 130 Å². The summed E-state index contributed by atoms with van der Waals surface area (Å²) in [4.78, 5) is 99.4. The Balaban J connectivity index is 1.82. The molecule has 0 radical (unpaired) electrons. The predicted molar refractivity (Wildman–Crippen MR) is 222 cm³/mol. The van der Waals surface area contributed by atoms with Gasteiger partial charge in [-0.15, -0.1) is 0 Å². The number of carbonyl (C=O) groups excluding carboxylic acids is 7. The highest BCUT2D eigenvalue weighted by molar-refractivity contribution is 7.92. The Morgan fingerprint density at radius 2 is 1.47 bits per heavy atom. The summed E-state index contributed by atoms with van der Waals surface area (Å²) in [6, 6.07) is -4.01. The monoisotopic (exact) mass is 944 g/mol. The van der Waals surface area contributed by atoms with Crippen LogP contribution in [0.3, 0.4) is 0 Å². The van der Waals surface area contributed by atoms with Gasteiger partial charge in [-0.3, -0.25) is 38.5 Å². The fourth-order valence-corrected chi connectivity index (χ4v) is 9.03. The smallest absolute Gasteiger partial charge is 0.344 e. The predicted octanol–water partition coefficient (Wildman–Crippen LogP) is 1.85. The summed E-state index contributed by atoms with van der Waals surface area (Å²) < 4.78 is 88.9. The summed E-state index contributed by atoms with van der Waals surface area (Å²) in [5, 5.41) is 8.15. The Bertz CT molecular complexity index is 2220. The number of rotatable bonds is 22. The van der Waals surface area contributed by atoms with E-state index in [1.165, 1.54) is 18.6 Å². The van der Waals surface area contributed by atoms with E-state index in [1.807, 2.05) is 13.8 Å². The van der Waals surface area contributed by atoms with Crippen LogP contribution in [0.5, 0.6) is 0 Å². The molecule has 0 bridgehead atoms. The van der Waals surface area contributed by atoms with Crippen LogP contribution in [0.2, 0.25) is 0 Å². The van der Waals surface area contributed by atoms with Crippen molar-refractivity contribution in [1.82, 2.24) is 30.2 Å². The van der Waals surface area contributed by atoms with Gasteiger partial charge in [0.15, 0.2) is 5.78 Å². The minimum Gasteiger partial charge on any atom is -0.344 e. The van der Waals surface area contributed by atoms with Crippen LogP contribution in [0.25, 0.3) is 0 Å². The average molecular weight is 945 g/mol. The first-order valence-corrected chi connectivity index (χ1v) is 23.5. The number of hydrogen-bond donors (Lipinski definition) is 5. The molecule has 1 aromatic heterocycles. The molecule has 354 valence electrons. The zero-order valence-electron chi connectivity index (χ0n) is 35.8. The van der Waals surface area contributed by atoms with Gasteiger partial charge in [-0.05, 0) is 61.3 Å². The highest BCUT2D eigenvalue weighted by atomic mass is 32.2. The van der Waals surface area contributed by atoms with Crippen LogP contribution >= 0.6 is 0 Å². The van der Waals surface area contributed by atoms with Crippen molar-refractivity contribution >= 4 is 61.0 Å². The highest BCUT2D eigenvalue weighted by Crippen LogP contribution is 2.31. The Kier molecular flexibility index (Phi) is 19.2. The second kappa shape index (κ2) is 23.1. The second-order valence-electron chi connectivity index (χ2n) is 16.0. The van der Waals surface area contributed by atoms with Crippen molar-refractivity contribution in [3.8, 4) is 0 Å². The lowest BCUT2D eigenvalue weighted by Gasteiger charge is -2.30. The normalized spacial score (nSPS) is 16.1. The zero-order chi connectivity index (χ0) is 48.2. The van der Waals surface area contributed by atoms with Crippen molar-refractivity contribution in [2.75, 3.05) is 6.54 Å². The molecule has 2 aromatic rings. The molecule has 64 heavy (non-hydrogen) atoms. The number of sulfonamides is 1. The highest BCUT2D eigenvalue weighted by Gasteiger charge is 2.47. The SMILES string of the molecule is CC[C@H](C)[C@H](NC(=O)[C@H](CC(C)C)NC(=O)c1cnccn1)C(=O)N[C@@H](CC1CCCCC1)C(=O)CCC(N)C(=O)C(=O)N(C(=O)CN)S(=O)(=O)c1ccc(S(=O)(=O)C(F)(F)F)cc1. The third-order valence-corrected chi connectivity index (χ3v) is 13.9. The molecule has 1 fully saturated rings. The number of amides is 5. The standard InChI is InChI=1S/C40H55F3N8O11S2/c1-5-24(4)34(50-36(55)30(19-23(2)3)49-37(56)31-22-46-17-18-47-31)38(57)48-29(20-25-9-7-6-8-10-25)32(52)16-15-28(45)35(54)39(58)51(33(53)21-44)64(61,62)27-13-11-26(12-14-27)63(59,60)40(41,42)43/h11-14,17-18,22-25,28-30,34H,5-10,15-16,19-21,44-45H2,1-4H3,(H,48,57)(H,49,56)(H,50,55)/t24-,28?,29-,30-,34-/m0/s1. The summed E-state index contributed by atoms with van der Waals surface area (Å²) >= 11 is 0.